The Morgan fingerprint density at radius 2 is 2.10 bits per heavy atom. The molecule has 2 aromatic carbocycles. The normalized spacial score (nSPS) is 13.2. The molecule has 0 atom stereocenters. The van der Waals surface area contributed by atoms with Crippen molar-refractivity contribution in [2.45, 2.75) is 12.8 Å². The van der Waals surface area contributed by atoms with E-state index >= 15 is 0 Å². The lowest BCUT2D eigenvalue weighted by molar-refractivity contribution is 0.102. The summed E-state index contributed by atoms with van der Waals surface area (Å²) in [5.41, 5.74) is 3.57. The van der Waals surface area contributed by atoms with Gasteiger partial charge in [0.2, 0.25) is 0 Å². The second-order valence-corrected chi connectivity index (χ2v) is 6.14. The maximum atomic E-state index is 13.1. The van der Waals surface area contributed by atoms with Gasteiger partial charge in [-0.25, -0.2) is 4.39 Å². The first-order valence-electron chi connectivity index (χ1n) is 6.77. The Bertz CT molecular complexity index is 703. The molecule has 3 nitrogen and oxygen atoms in total. The molecule has 0 aliphatic carbocycles. The van der Waals surface area contributed by atoms with Crippen LogP contribution in [-0.2, 0) is 6.42 Å². The van der Waals surface area contributed by atoms with Crippen molar-refractivity contribution in [3.8, 4) is 0 Å². The van der Waals surface area contributed by atoms with Crippen LogP contribution in [0.3, 0.4) is 0 Å². The number of hydrogen-bond acceptors (Lipinski definition) is 2. The van der Waals surface area contributed by atoms with Crippen molar-refractivity contribution in [2.75, 3.05) is 17.2 Å². The minimum Gasteiger partial charge on any atom is -0.385 e. The Labute approximate surface area is 136 Å². The van der Waals surface area contributed by atoms with Crippen LogP contribution in [-0.4, -0.2) is 12.5 Å². The van der Waals surface area contributed by atoms with E-state index in [1.54, 1.807) is 0 Å². The van der Waals surface area contributed by atoms with Crippen molar-refractivity contribution < 1.29 is 9.18 Å². The van der Waals surface area contributed by atoms with Gasteiger partial charge in [0.25, 0.3) is 5.91 Å². The van der Waals surface area contributed by atoms with Gasteiger partial charge >= 0.3 is 0 Å². The van der Waals surface area contributed by atoms with E-state index in [2.05, 4.69) is 10.6 Å². The fraction of sp³-hybridized carbons (Fsp3) is 0.188. The number of hydrogen-bond donors (Lipinski definition) is 2. The molecule has 0 aromatic heterocycles. The van der Waals surface area contributed by atoms with Gasteiger partial charge in [0.15, 0.2) is 0 Å². The molecular formula is C16H14FIN2O. The molecule has 0 saturated carbocycles. The maximum absolute atomic E-state index is 13.1. The summed E-state index contributed by atoms with van der Waals surface area (Å²) < 4.78 is 13.7. The molecule has 0 bridgehead atoms. The predicted molar refractivity (Wildman–Crippen MR) is 90.3 cm³/mol. The van der Waals surface area contributed by atoms with Crippen LogP contribution in [0.1, 0.15) is 22.3 Å². The minimum absolute atomic E-state index is 0.227. The summed E-state index contributed by atoms with van der Waals surface area (Å²) in [5.74, 6) is -0.566. The number of nitrogens with one attached hydrogen (secondary N) is 2. The van der Waals surface area contributed by atoms with Crippen LogP contribution in [0, 0.1) is 9.39 Å². The van der Waals surface area contributed by atoms with Gasteiger partial charge in [-0.05, 0) is 71.3 Å². The molecule has 0 spiro atoms. The number of carbonyl (C=O) groups is 1. The number of fused-ring (bicyclic) bond motifs is 1. The third kappa shape index (κ3) is 3.18. The fourth-order valence-corrected chi connectivity index (χ4v) is 3.13. The first-order chi connectivity index (χ1) is 10.1. The summed E-state index contributed by atoms with van der Waals surface area (Å²) in [6.45, 7) is 0.959. The van der Waals surface area contributed by atoms with E-state index in [4.69, 9.17) is 0 Å². The molecular weight excluding hydrogens is 382 g/mol. The zero-order chi connectivity index (χ0) is 14.8. The van der Waals surface area contributed by atoms with Crippen LogP contribution in [0.15, 0.2) is 36.4 Å². The van der Waals surface area contributed by atoms with Crippen LogP contribution in [0.2, 0.25) is 0 Å². The van der Waals surface area contributed by atoms with Crippen LogP contribution in [0.4, 0.5) is 15.8 Å². The van der Waals surface area contributed by atoms with Gasteiger partial charge in [0, 0.05) is 21.5 Å². The Balaban J connectivity index is 1.81. The van der Waals surface area contributed by atoms with Gasteiger partial charge < -0.3 is 10.6 Å². The molecule has 0 unspecified atom stereocenters. The van der Waals surface area contributed by atoms with Crippen LogP contribution in [0.5, 0.6) is 0 Å². The van der Waals surface area contributed by atoms with Gasteiger partial charge in [-0.15, -0.1) is 0 Å². The number of aryl methyl sites for hydroxylation is 1. The summed E-state index contributed by atoms with van der Waals surface area (Å²) in [7, 11) is 0. The summed E-state index contributed by atoms with van der Waals surface area (Å²) in [6.07, 6.45) is 2.19. The average Bonchev–Trinajstić information content (AvgIpc) is 2.47. The van der Waals surface area contributed by atoms with Gasteiger partial charge in [0.1, 0.15) is 5.82 Å². The minimum atomic E-state index is -0.339. The zero-order valence-corrected chi connectivity index (χ0v) is 13.4. The third-order valence-corrected chi connectivity index (χ3v) is 4.37. The van der Waals surface area contributed by atoms with Crippen molar-refractivity contribution in [1.82, 2.24) is 0 Å². The zero-order valence-electron chi connectivity index (χ0n) is 11.2. The SMILES string of the molecule is O=C(Nc1ccc2c(c1)NCCC2)c1ccc(F)cc1I. The number of benzene rings is 2. The number of halogens is 2. The molecule has 5 heteroatoms. The topological polar surface area (TPSA) is 41.1 Å². The Hall–Kier alpha value is -1.63. The molecule has 0 radical (unpaired) electrons. The van der Waals surface area contributed by atoms with Crippen molar-refractivity contribution >= 4 is 39.9 Å². The van der Waals surface area contributed by atoms with Crippen LogP contribution in [0.25, 0.3) is 0 Å². The van der Waals surface area contributed by atoms with E-state index in [0.717, 1.165) is 30.8 Å². The maximum Gasteiger partial charge on any atom is 0.256 e. The average molecular weight is 396 g/mol. The van der Waals surface area contributed by atoms with Crippen molar-refractivity contribution in [3.63, 3.8) is 0 Å². The second-order valence-electron chi connectivity index (χ2n) is 4.98. The largest absolute Gasteiger partial charge is 0.385 e. The molecule has 0 fully saturated rings. The summed E-state index contributed by atoms with van der Waals surface area (Å²) in [6, 6.07) is 10.0. The first-order valence-corrected chi connectivity index (χ1v) is 7.84. The van der Waals surface area contributed by atoms with Crippen LogP contribution >= 0.6 is 22.6 Å². The highest BCUT2D eigenvalue weighted by Gasteiger charge is 2.13. The lowest BCUT2D eigenvalue weighted by Crippen LogP contribution is -2.15. The molecule has 2 N–H and O–H groups in total. The molecule has 21 heavy (non-hydrogen) atoms. The molecule has 108 valence electrons. The van der Waals surface area contributed by atoms with E-state index in [1.165, 1.54) is 23.8 Å². The quantitative estimate of drug-likeness (QED) is 0.753. The van der Waals surface area contributed by atoms with E-state index < -0.39 is 0 Å². The number of carbonyl (C=O) groups excluding carboxylic acids is 1. The highest BCUT2D eigenvalue weighted by Crippen LogP contribution is 2.26. The van der Waals surface area contributed by atoms with Crippen molar-refractivity contribution in [3.05, 3.63) is 56.9 Å². The smallest absolute Gasteiger partial charge is 0.256 e. The lowest BCUT2D eigenvalue weighted by Gasteiger charge is -2.19. The Morgan fingerprint density at radius 3 is 2.90 bits per heavy atom. The fourth-order valence-electron chi connectivity index (χ4n) is 2.41. The predicted octanol–water partition coefficient (Wildman–Crippen LogP) is 4.04. The van der Waals surface area contributed by atoms with E-state index in [1.807, 2.05) is 40.8 Å². The van der Waals surface area contributed by atoms with Gasteiger partial charge in [-0.2, -0.15) is 0 Å². The van der Waals surface area contributed by atoms with Crippen LogP contribution < -0.4 is 10.6 Å². The third-order valence-electron chi connectivity index (χ3n) is 3.48. The van der Waals surface area contributed by atoms with Crippen molar-refractivity contribution in [1.29, 1.82) is 0 Å². The summed E-state index contributed by atoms with van der Waals surface area (Å²) in [5, 5.41) is 6.19. The second kappa shape index (κ2) is 6.01. The van der Waals surface area contributed by atoms with Gasteiger partial charge in [-0.3, -0.25) is 4.79 Å². The molecule has 0 saturated heterocycles. The Kier molecular flexibility index (Phi) is 4.10. The van der Waals surface area contributed by atoms with Crippen molar-refractivity contribution in [2.24, 2.45) is 0 Å². The first kappa shape index (κ1) is 14.3. The molecule has 3 rings (SSSR count). The molecule has 1 aliphatic rings. The number of rotatable bonds is 2. The lowest BCUT2D eigenvalue weighted by atomic mass is 10.0. The standard InChI is InChI=1S/C16H14FIN2O/c17-11-4-6-13(14(18)8-11)16(21)20-12-5-3-10-2-1-7-19-15(10)9-12/h3-6,8-9,19H,1-2,7H2,(H,20,21). The van der Waals surface area contributed by atoms with Gasteiger partial charge in [-0.1, -0.05) is 6.07 Å². The monoisotopic (exact) mass is 396 g/mol. The molecule has 1 heterocycles. The van der Waals surface area contributed by atoms with E-state index in [9.17, 15) is 9.18 Å². The number of amides is 1. The Morgan fingerprint density at radius 1 is 1.24 bits per heavy atom. The highest BCUT2D eigenvalue weighted by molar-refractivity contribution is 14.1. The van der Waals surface area contributed by atoms with E-state index in [0.29, 0.717) is 9.13 Å². The summed E-state index contributed by atoms with van der Waals surface area (Å²) >= 11 is 1.97. The number of anilines is 2. The van der Waals surface area contributed by atoms with Gasteiger partial charge in [0.05, 0.1) is 5.56 Å². The van der Waals surface area contributed by atoms with E-state index in [-0.39, 0.29) is 11.7 Å². The summed E-state index contributed by atoms with van der Waals surface area (Å²) in [4.78, 5) is 12.3. The molecule has 1 aliphatic heterocycles. The highest BCUT2D eigenvalue weighted by atomic mass is 127. The molecule has 1 amide bonds. The molecule has 2 aromatic rings.